The van der Waals surface area contributed by atoms with Crippen molar-refractivity contribution < 1.29 is 8.42 Å². The third kappa shape index (κ3) is 2.98. The van der Waals surface area contributed by atoms with E-state index >= 15 is 0 Å². The molecular weight excluding hydrogens is 236 g/mol. The molecule has 1 aliphatic rings. The van der Waals surface area contributed by atoms with Gasteiger partial charge in [-0.1, -0.05) is 17.7 Å². The maximum atomic E-state index is 11.4. The Bertz CT molecular complexity index is 474. The summed E-state index contributed by atoms with van der Waals surface area (Å²) in [6.07, 6.45) is 1.27. The Labute approximate surface area is 103 Å². The van der Waals surface area contributed by atoms with E-state index in [1.807, 2.05) is 0 Å². The second kappa shape index (κ2) is 4.66. The van der Waals surface area contributed by atoms with Gasteiger partial charge in [0.1, 0.15) is 0 Å². The van der Waals surface area contributed by atoms with Crippen LogP contribution >= 0.6 is 0 Å². The van der Waals surface area contributed by atoms with E-state index in [1.54, 1.807) is 0 Å². The summed E-state index contributed by atoms with van der Waals surface area (Å²) < 4.78 is 24.3. The van der Waals surface area contributed by atoms with Crippen molar-refractivity contribution in [3.8, 4) is 0 Å². The average Bonchev–Trinajstić information content (AvgIpc) is 2.29. The van der Waals surface area contributed by atoms with Gasteiger partial charge in [0.25, 0.3) is 0 Å². The lowest BCUT2D eigenvalue weighted by Gasteiger charge is -2.34. The minimum absolute atomic E-state index is 0.576. The quantitative estimate of drug-likeness (QED) is 0.793. The summed E-state index contributed by atoms with van der Waals surface area (Å²) in [6.45, 7) is 4.73. The highest BCUT2D eigenvalue weighted by Crippen LogP contribution is 2.17. The molecule has 0 radical (unpaired) electrons. The highest BCUT2D eigenvalue weighted by molar-refractivity contribution is 7.88. The Hall–Kier alpha value is -1.07. The van der Waals surface area contributed by atoms with Crippen molar-refractivity contribution in [2.75, 3.05) is 37.3 Å². The van der Waals surface area contributed by atoms with Crippen molar-refractivity contribution >= 4 is 15.7 Å². The van der Waals surface area contributed by atoms with Crippen LogP contribution in [-0.2, 0) is 10.0 Å². The lowest BCUT2D eigenvalue weighted by Crippen LogP contribution is -2.48. The second-order valence-corrected chi connectivity index (χ2v) is 6.47. The molecule has 1 aromatic carbocycles. The fraction of sp³-hybridized carbons (Fsp3) is 0.500. The SMILES string of the molecule is Cc1ccc(N2CCN(S(C)(=O)=O)CC2)cc1. The van der Waals surface area contributed by atoms with Crippen LogP contribution < -0.4 is 4.90 Å². The molecule has 94 valence electrons. The third-order valence-corrected chi connectivity index (χ3v) is 4.41. The molecule has 0 unspecified atom stereocenters. The zero-order chi connectivity index (χ0) is 12.5. The molecule has 0 bridgehead atoms. The Kier molecular flexibility index (Phi) is 3.40. The van der Waals surface area contributed by atoms with Crippen LogP contribution in [0.1, 0.15) is 5.56 Å². The molecule has 0 atom stereocenters. The van der Waals surface area contributed by atoms with Gasteiger partial charge >= 0.3 is 0 Å². The number of benzene rings is 1. The van der Waals surface area contributed by atoms with Crippen molar-refractivity contribution in [1.82, 2.24) is 4.31 Å². The number of nitrogens with zero attached hydrogens (tertiary/aromatic N) is 2. The van der Waals surface area contributed by atoms with Gasteiger partial charge < -0.3 is 4.90 Å². The van der Waals surface area contributed by atoms with E-state index < -0.39 is 10.0 Å². The number of anilines is 1. The third-order valence-electron chi connectivity index (χ3n) is 3.11. The smallest absolute Gasteiger partial charge is 0.211 e. The number of hydrogen-bond acceptors (Lipinski definition) is 3. The molecular formula is C12H18N2O2S. The Balaban J connectivity index is 2.02. The van der Waals surface area contributed by atoms with Crippen molar-refractivity contribution in [2.45, 2.75) is 6.92 Å². The molecule has 5 heteroatoms. The normalized spacial score (nSPS) is 18.4. The molecule has 1 fully saturated rings. The minimum atomic E-state index is -3.03. The van der Waals surface area contributed by atoms with Crippen molar-refractivity contribution in [1.29, 1.82) is 0 Å². The largest absolute Gasteiger partial charge is 0.369 e. The molecule has 1 saturated heterocycles. The van der Waals surface area contributed by atoms with E-state index in [0.717, 1.165) is 13.1 Å². The van der Waals surface area contributed by atoms with Gasteiger partial charge in [-0.3, -0.25) is 0 Å². The van der Waals surface area contributed by atoms with E-state index in [9.17, 15) is 8.42 Å². The molecule has 0 N–H and O–H groups in total. The van der Waals surface area contributed by atoms with Crippen LogP contribution in [0.4, 0.5) is 5.69 Å². The summed E-state index contributed by atoms with van der Waals surface area (Å²) in [5.74, 6) is 0. The van der Waals surface area contributed by atoms with E-state index in [1.165, 1.54) is 21.8 Å². The molecule has 1 heterocycles. The first kappa shape index (κ1) is 12.4. The summed E-state index contributed by atoms with van der Waals surface area (Å²) in [5.41, 5.74) is 2.41. The van der Waals surface area contributed by atoms with Gasteiger partial charge in [-0.2, -0.15) is 4.31 Å². The predicted molar refractivity (Wildman–Crippen MR) is 69.8 cm³/mol. The van der Waals surface area contributed by atoms with Crippen LogP contribution in [-0.4, -0.2) is 45.2 Å². The van der Waals surface area contributed by atoms with Crippen molar-refractivity contribution in [3.63, 3.8) is 0 Å². The van der Waals surface area contributed by atoms with E-state index in [2.05, 4.69) is 36.1 Å². The zero-order valence-electron chi connectivity index (χ0n) is 10.3. The first-order valence-corrected chi connectivity index (χ1v) is 7.58. The second-order valence-electron chi connectivity index (χ2n) is 4.48. The monoisotopic (exact) mass is 254 g/mol. The van der Waals surface area contributed by atoms with E-state index in [-0.39, 0.29) is 0 Å². The molecule has 0 aromatic heterocycles. The van der Waals surface area contributed by atoms with Crippen LogP contribution in [0.25, 0.3) is 0 Å². The molecule has 0 spiro atoms. The average molecular weight is 254 g/mol. The molecule has 0 saturated carbocycles. The van der Waals surface area contributed by atoms with Crippen molar-refractivity contribution in [3.05, 3.63) is 29.8 Å². The molecule has 1 aliphatic heterocycles. The van der Waals surface area contributed by atoms with Crippen LogP contribution in [0, 0.1) is 6.92 Å². The minimum Gasteiger partial charge on any atom is -0.369 e. The van der Waals surface area contributed by atoms with Crippen LogP contribution in [0.15, 0.2) is 24.3 Å². The number of piperazine rings is 1. The van der Waals surface area contributed by atoms with Gasteiger partial charge in [0.2, 0.25) is 10.0 Å². The van der Waals surface area contributed by atoms with Crippen LogP contribution in [0.5, 0.6) is 0 Å². The van der Waals surface area contributed by atoms with Crippen LogP contribution in [0.2, 0.25) is 0 Å². The summed E-state index contributed by atoms with van der Waals surface area (Å²) in [6, 6.07) is 8.34. The maximum Gasteiger partial charge on any atom is 0.211 e. The lowest BCUT2D eigenvalue weighted by atomic mass is 10.2. The van der Waals surface area contributed by atoms with Gasteiger partial charge in [-0.05, 0) is 19.1 Å². The Morgan fingerprint density at radius 3 is 2.00 bits per heavy atom. The van der Waals surface area contributed by atoms with Crippen molar-refractivity contribution in [2.24, 2.45) is 0 Å². The number of rotatable bonds is 2. The van der Waals surface area contributed by atoms with E-state index in [0.29, 0.717) is 13.1 Å². The van der Waals surface area contributed by atoms with Gasteiger partial charge in [0.05, 0.1) is 6.26 Å². The molecule has 17 heavy (non-hydrogen) atoms. The van der Waals surface area contributed by atoms with E-state index in [4.69, 9.17) is 0 Å². The first-order valence-electron chi connectivity index (χ1n) is 5.73. The fourth-order valence-electron chi connectivity index (χ4n) is 2.03. The molecule has 0 aliphatic carbocycles. The lowest BCUT2D eigenvalue weighted by molar-refractivity contribution is 0.388. The Morgan fingerprint density at radius 2 is 1.53 bits per heavy atom. The highest BCUT2D eigenvalue weighted by atomic mass is 32.2. The molecule has 2 rings (SSSR count). The summed E-state index contributed by atoms with van der Waals surface area (Å²) in [4.78, 5) is 2.22. The van der Waals surface area contributed by atoms with Crippen LogP contribution in [0.3, 0.4) is 0 Å². The highest BCUT2D eigenvalue weighted by Gasteiger charge is 2.23. The first-order chi connectivity index (χ1) is 7.97. The molecule has 0 amide bonds. The Morgan fingerprint density at radius 1 is 1.00 bits per heavy atom. The van der Waals surface area contributed by atoms with Gasteiger partial charge in [0, 0.05) is 31.9 Å². The zero-order valence-corrected chi connectivity index (χ0v) is 11.1. The number of sulfonamides is 1. The fourth-order valence-corrected chi connectivity index (χ4v) is 2.86. The number of hydrogen-bond donors (Lipinski definition) is 0. The number of aryl methyl sites for hydroxylation is 1. The van der Waals surface area contributed by atoms with Gasteiger partial charge in [-0.25, -0.2) is 8.42 Å². The topological polar surface area (TPSA) is 40.6 Å². The summed E-state index contributed by atoms with van der Waals surface area (Å²) in [7, 11) is -3.03. The maximum absolute atomic E-state index is 11.4. The predicted octanol–water partition coefficient (Wildman–Crippen LogP) is 1.08. The summed E-state index contributed by atoms with van der Waals surface area (Å²) >= 11 is 0. The summed E-state index contributed by atoms with van der Waals surface area (Å²) in [5, 5.41) is 0. The van der Waals surface area contributed by atoms with Gasteiger partial charge in [0.15, 0.2) is 0 Å². The molecule has 1 aromatic rings. The molecule has 4 nitrogen and oxygen atoms in total. The standard InChI is InChI=1S/C12H18N2O2S/c1-11-3-5-12(6-4-11)13-7-9-14(10-8-13)17(2,15)16/h3-6H,7-10H2,1-2H3. The van der Waals surface area contributed by atoms with Gasteiger partial charge in [-0.15, -0.1) is 0 Å².